The van der Waals surface area contributed by atoms with Gasteiger partial charge in [0.05, 0.1) is 12.3 Å². The molecule has 0 fully saturated rings. The predicted molar refractivity (Wildman–Crippen MR) is 50.7 cm³/mol. The van der Waals surface area contributed by atoms with Crippen molar-refractivity contribution in [3.8, 4) is 0 Å². The fourth-order valence-corrected chi connectivity index (χ4v) is 1.17. The van der Waals surface area contributed by atoms with Crippen molar-refractivity contribution in [3.63, 3.8) is 0 Å². The number of hydrogen-bond donors (Lipinski definition) is 1. The average Bonchev–Trinajstić information content (AvgIpc) is 2.10. The molecule has 1 unspecified atom stereocenters. The minimum atomic E-state index is -0.509. The van der Waals surface area contributed by atoms with E-state index in [2.05, 4.69) is 0 Å². The molecular formula is C10H13NO2. The Morgan fingerprint density at radius 3 is 3.00 bits per heavy atom. The second-order valence-corrected chi connectivity index (χ2v) is 2.88. The summed E-state index contributed by atoms with van der Waals surface area (Å²) in [5.74, 6) is -0.846. The van der Waals surface area contributed by atoms with Crippen LogP contribution in [0.15, 0.2) is 23.8 Å². The van der Waals surface area contributed by atoms with E-state index < -0.39 is 5.92 Å². The zero-order chi connectivity index (χ0) is 9.84. The molecule has 13 heavy (non-hydrogen) atoms. The zero-order valence-corrected chi connectivity index (χ0v) is 7.83. The summed E-state index contributed by atoms with van der Waals surface area (Å²) in [6, 6.07) is 0. The van der Waals surface area contributed by atoms with Crippen LogP contribution >= 0.6 is 0 Å². The third kappa shape index (κ3) is 2.05. The lowest BCUT2D eigenvalue weighted by atomic mass is 9.93. The number of ether oxygens (including phenoxy) is 1. The number of esters is 1. The molecule has 70 valence electrons. The Labute approximate surface area is 77.6 Å². The monoisotopic (exact) mass is 179 g/mol. The van der Waals surface area contributed by atoms with Crippen LogP contribution in [0.3, 0.4) is 0 Å². The third-order valence-electron chi connectivity index (χ3n) is 1.93. The summed E-state index contributed by atoms with van der Waals surface area (Å²) in [6.45, 7) is 3.94. The Morgan fingerprint density at radius 2 is 2.38 bits per heavy atom. The normalized spacial score (nSPS) is 21.2. The molecule has 3 heteroatoms. The SMILES string of the molecule is CCOC(=O)C1C=CC=C(C)C1=N. The molecule has 0 radical (unpaired) electrons. The topological polar surface area (TPSA) is 50.2 Å². The van der Waals surface area contributed by atoms with Crippen LogP contribution in [0.1, 0.15) is 13.8 Å². The van der Waals surface area contributed by atoms with Gasteiger partial charge in [0.15, 0.2) is 0 Å². The van der Waals surface area contributed by atoms with Crippen molar-refractivity contribution in [2.45, 2.75) is 13.8 Å². The molecule has 0 saturated heterocycles. The molecule has 0 spiro atoms. The van der Waals surface area contributed by atoms with Crippen LogP contribution in [0.4, 0.5) is 0 Å². The molecule has 0 bridgehead atoms. The molecule has 3 nitrogen and oxygen atoms in total. The van der Waals surface area contributed by atoms with Gasteiger partial charge in [0, 0.05) is 0 Å². The first-order valence-electron chi connectivity index (χ1n) is 4.27. The summed E-state index contributed by atoms with van der Waals surface area (Å²) in [4.78, 5) is 11.3. The summed E-state index contributed by atoms with van der Waals surface area (Å²) in [5.41, 5.74) is 1.15. The molecule has 1 aliphatic rings. The highest BCUT2D eigenvalue weighted by molar-refractivity contribution is 6.12. The van der Waals surface area contributed by atoms with E-state index in [-0.39, 0.29) is 5.97 Å². The van der Waals surface area contributed by atoms with Crippen LogP contribution in [-0.2, 0) is 9.53 Å². The van der Waals surface area contributed by atoms with Gasteiger partial charge in [-0.3, -0.25) is 4.79 Å². The summed E-state index contributed by atoms with van der Waals surface area (Å²) < 4.78 is 4.84. The van der Waals surface area contributed by atoms with Crippen LogP contribution in [0.5, 0.6) is 0 Å². The van der Waals surface area contributed by atoms with Crippen LogP contribution in [0, 0.1) is 11.3 Å². The average molecular weight is 179 g/mol. The molecule has 0 aromatic rings. The van der Waals surface area contributed by atoms with Gasteiger partial charge in [-0.2, -0.15) is 0 Å². The number of allylic oxidation sites excluding steroid dienone is 3. The molecule has 0 aromatic carbocycles. The van der Waals surface area contributed by atoms with E-state index in [0.717, 1.165) is 5.57 Å². The molecule has 0 heterocycles. The van der Waals surface area contributed by atoms with Gasteiger partial charge in [-0.25, -0.2) is 0 Å². The largest absolute Gasteiger partial charge is 0.465 e. The number of hydrogen-bond acceptors (Lipinski definition) is 3. The predicted octanol–water partition coefficient (Wildman–Crippen LogP) is 1.70. The van der Waals surface area contributed by atoms with Gasteiger partial charge in [-0.05, 0) is 19.4 Å². The van der Waals surface area contributed by atoms with E-state index in [1.165, 1.54) is 0 Å². The zero-order valence-electron chi connectivity index (χ0n) is 7.83. The fraction of sp³-hybridized carbons (Fsp3) is 0.400. The highest BCUT2D eigenvalue weighted by Crippen LogP contribution is 2.15. The van der Waals surface area contributed by atoms with E-state index in [0.29, 0.717) is 12.3 Å². The highest BCUT2D eigenvalue weighted by Gasteiger charge is 2.24. The maximum Gasteiger partial charge on any atom is 0.318 e. The van der Waals surface area contributed by atoms with Gasteiger partial charge >= 0.3 is 5.97 Å². The van der Waals surface area contributed by atoms with E-state index in [4.69, 9.17) is 10.1 Å². The number of carbonyl (C=O) groups is 1. The van der Waals surface area contributed by atoms with Crippen LogP contribution in [0.25, 0.3) is 0 Å². The lowest BCUT2D eigenvalue weighted by Gasteiger charge is -2.15. The molecule has 0 aromatic heterocycles. The van der Waals surface area contributed by atoms with E-state index in [9.17, 15) is 4.79 Å². The van der Waals surface area contributed by atoms with Crippen molar-refractivity contribution in [1.82, 2.24) is 0 Å². The van der Waals surface area contributed by atoms with Gasteiger partial charge in [0.25, 0.3) is 0 Å². The van der Waals surface area contributed by atoms with Gasteiger partial charge in [-0.15, -0.1) is 0 Å². The fourth-order valence-electron chi connectivity index (χ4n) is 1.17. The number of carbonyl (C=O) groups excluding carboxylic acids is 1. The first-order valence-corrected chi connectivity index (χ1v) is 4.27. The maximum atomic E-state index is 11.3. The minimum absolute atomic E-state index is 0.334. The van der Waals surface area contributed by atoms with Crippen molar-refractivity contribution in [2.24, 2.45) is 5.92 Å². The second-order valence-electron chi connectivity index (χ2n) is 2.88. The Hall–Kier alpha value is -1.38. The quantitative estimate of drug-likeness (QED) is 0.656. The molecular weight excluding hydrogens is 166 g/mol. The van der Waals surface area contributed by atoms with Gasteiger partial charge in [-0.1, -0.05) is 18.2 Å². The smallest absolute Gasteiger partial charge is 0.318 e. The third-order valence-corrected chi connectivity index (χ3v) is 1.93. The van der Waals surface area contributed by atoms with E-state index in [1.54, 1.807) is 19.1 Å². The highest BCUT2D eigenvalue weighted by atomic mass is 16.5. The Kier molecular flexibility index (Phi) is 3.01. The van der Waals surface area contributed by atoms with E-state index in [1.807, 2.05) is 13.0 Å². The standard InChI is InChI=1S/C10H13NO2/c1-3-13-10(12)8-6-4-5-7(2)9(8)11/h4-6,8,11H,3H2,1-2H3. The number of rotatable bonds is 2. The number of nitrogens with one attached hydrogen (secondary N) is 1. The van der Waals surface area contributed by atoms with Crippen molar-refractivity contribution in [3.05, 3.63) is 23.8 Å². The van der Waals surface area contributed by atoms with Crippen molar-refractivity contribution >= 4 is 11.7 Å². The molecule has 1 rings (SSSR count). The lowest BCUT2D eigenvalue weighted by Crippen LogP contribution is -2.25. The van der Waals surface area contributed by atoms with E-state index >= 15 is 0 Å². The summed E-state index contributed by atoms with van der Waals surface area (Å²) in [6.07, 6.45) is 5.29. The van der Waals surface area contributed by atoms with Gasteiger partial charge in [0.1, 0.15) is 5.92 Å². The minimum Gasteiger partial charge on any atom is -0.465 e. The maximum absolute atomic E-state index is 11.3. The summed E-state index contributed by atoms with van der Waals surface area (Å²) in [5, 5.41) is 7.64. The van der Waals surface area contributed by atoms with Crippen LogP contribution < -0.4 is 0 Å². The summed E-state index contributed by atoms with van der Waals surface area (Å²) >= 11 is 0. The Morgan fingerprint density at radius 1 is 1.69 bits per heavy atom. The van der Waals surface area contributed by atoms with Crippen LogP contribution in [-0.4, -0.2) is 18.3 Å². The van der Waals surface area contributed by atoms with Gasteiger partial charge in [0.2, 0.25) is 0 Å². The lowest BCUT2D eigenvalue weighted by molar-refractivity contribution is -0.144. The van der Waals surface area contributed by atoms with Crippen molar-refractivity contribution in [1.29, 1.82) is 5.41 Å². The molecule has 0 saturated carbocycles. The Bertz CT molecular complexity index is 289. The molecule has 1 aliphatic carbocycles. The Balaban J connectivity index is 2.73. The molecule has 0 aliphatic heterocycles. The first-order chi connectivity index (χ1) is 6.16. The molecule has 1 atom stereocenters. The first kappa shape index (κ1) is 9.71. The van der Waals surface area contributed by atoms with Crippen LogP contribution in [0.2, 0.25) is 0 Å². The molecule has 0 amide bonds. The summed E-state index contributed by atoms with van der Waals surface area (Å²) in [7, 11) is 0. The van der Waals surface area contributed by atoms with Crippen molar-refractivity contribution in [2.75, 3.05) is 6.61 Å². The van der Waals surface area contributed by atoms with Gasteiger partial charge < -0.3 is 10.1 Å². The van der Waals surface area contributed by atoms with Crippen molar-refractivity contribution < 1.29 is 9.53 Å². The second kappa shape index (κ2) is 4.03. The molecule has 1 N–H and O–H groups in total.